The lowest BCUT2D eigenvalue weighted by Gasteiger charge is -2.29. The average Bonchev–Trinajstić information content (AvgIpc) is 3.23. The first-order chi connectivity index (χ1) is 21.4. The van der Waals surface area contributed by atoms with Crippen LogP contribution in [0.3, 0.4) is 0 Å². The third-order valence-electron chi connectivity index (χ3n) is 7.88. The molecule has 10 nitrogen and oxygen atoms in total. The number of rotatable bonds is 9. The van der Waals surface area contributed by atoms with Crippen LogP contribution in [0.15, 0.2) is 36.5 Å². The zero-order chi connectivity index (χ0) is 32.5. The van der Waals surface area contributed by atoms with E-state index >= 15 is 4.39 Å². The molecule has 0 bridgehead atoms. The number of carbonyl (C=O) groups is 2. The van der Waals surface area contributed by atoms with Crippen molar-refractivity contribution in [3.05, 3.63) is 64.6 Å². The van der Waals surface area contributed by atoms with E-state index in [1.165, 1.54) is 30.2 Å². The summed E-state index contributed by atoms with van der Waals surface area (Å²) in [6.45, 7) is 2.26. The molecule has 45 heavy (non-hydrogen) atoms. The van der Waals surface area contributed by atoms with Gasteiger partial charge in [-0.1, -0.05) is 12.1 Å². The number of hydrogen-bond donors (Lipinski definition) is 2. The fraction of sp³-hybridized carbons (Fsp3) is 0.400. The summed E-state index contributed by atoms with van der Waals surface area (Å²) >= 11 is 0. The van der Waals surface area contributed by atoms with E-state index in [2.05, 4.69) is 25.5 Å². The molecular weight excluding hydrogens is 603 g/mol. The quantitative estimate of drug-likeness (QED) is 0.298. The second-order valence-electron chi connectivity index (χ2n) is 10.8. The Bertz CT molecular complexity index is 1600. The van der Waals surface area contributed by atoms with Gasteiger partial charge in [0.1, 0.15) is 29.6 Å². The molecule has 3 aromatic rings. The van der Waals surface area contributed by atoms with Crippen LogP contribution in [0.2, 0.25) is 0 Å². The molecule has 0 radical (unpaired) electrons. The third-order valence-corrected chi connectivity index (χ3v) is 7.88. The molecule has 5 rings (SSSR count). The molecule has 1 fully saturated rings. The second kappa shape index (κ2) is 12.8. The van der Waals surface area contributed by atoms with E-state index in [0.29, 0.717) is 24.6 Å². The summed E-state index contributed by atoms with van der Waals surface area (Å²) in [6.07, 6.45) is -3.02. The zero-order valence-corrected chi connectivity index (χ0v) is 24.7. The number of benzene rings is 2. The summed E-state index contributed by atoms with van der Waals surface area (Å²) in [7, 11) is 3.25. The number of nitrogens with zero attached hydrogens (tertiary/aromatic N) is 4. The highest BCUT2D eigenvalue weighted by atomic mass is 19.4. The maximum atomic E-state index is 15.2. The normalized spacial score (nSPS) is 17.3. The Morgan fingerprint density at radius 2 is 1.89 bits per heavy atom. The molecule has 2 amide bonds. The van der Waals surface area contributed by atoms with Gasteiger partial charge in [0.15, 0.2) is 0 Å². The predicted molar refractivity (Wildman–Crippen MR) is 153 cm³/mol. The standard InChI is InChI=1S/C30H31F5N6O4/c1-16-18-5-4-6-23(25(18)28(43)41(16)12-9-31)45-27-20(30(33,34)35)15-36-29(39-27)38-22-14-21(32)19(13-24(22)44-3)26(42)37-17-7-10-40(2)11-8-17/h4-6,13-17H,7-12H2,1-3H3,(H,37,42)(H,36,38,39). The van der Waals surface area contributed by atoms with Crippen molar-refractivity contribution in [2.24, 2.45) is 0 Å². The van der Waals surface area contributed by atoms with Gasteiger partial charge >= 0.3 is 6.18 Å². The topological polar surface area (TPSA) is 109 Å². The molecule has 0 aliphatic carbocycles. The third kappa shape index (κ3) is 6.62. The minimum absolute atomic E-state index is 0.00227. The van der Waals surface area contributed by atoms with Gasteiger partial charge in [-0.15, -0.1) is 0 Å². The van der Waals surface area contributed by atoms with Crippen LogP contribution in [0.5, 0.6) is 17.4 Å². The number of hydrogen-bond acceptors (Lipinski definition) is 8. The maximum Gasteiger partial charge on any atom is 0.423 e. The van der Waals surface area contributed by atoms with Crippen LogP contribution in [0.25, 0.3) is 0 Å². The molecule has 1 saturated heterocycles. The van der Waals surface area contributed by atoms with Crippen LogP contribution >= 0.6 is 0 Å². The Hall–Kier alpha value is -4.53. The Morgan fingerprint density at radius 1 is 1.16 bits per heavy atom. The van der Waals surface area contributed by atoms with E-state index in [-0.39, 0.29) is 40.9 Å². The number of likely N-dealkylation sites (tertiary alicyclic amines) is 1. The van der Waals surface area contributed by atoms with Crippen LogP contribution in [0, 0.1) is 5.82 Å². The molecule has 15 heteroatoms. The number of piperidine rings is 1. The molecule has 0 spiro atoms. The molecule has 2 aliphatic heterocycles. The van der Waals surface area contributed by atoms with Crippen molar-refractivity contribution in [2.75, 3.05) is 45.8 Å². The first-order valence-electron chi connectivity index (χ1n) is 14.2. The Morgan fingerprint density at radius 3 is 2.56 bits per heavy atom. The number of fused-ring (bicyclic) bond motifs is 1. The first kappa shape index (κ1) is 31.9. The summed E-state index contributed by atoms with van der Waals surface area (Å²) in [6, 6.07) is 5.91. The van der Waals surface area contributed by atoms with Crippen LogP contribution in [-0.4, -0.2) is 78.1 Å². The minimum Gasteiger partial charge on any atom is -0.495 e. The smallest absolute Gasteiger partial charge is 0.423 e. The largest absolute Gasteiger partial charge is 0.495 e. The predicted octanol–water partition coefficient (Wildman–Crippen LogP) is 5.49. The molecule has 2 N–H and O–H groups in total. The number of amides is 2. The number of halogens is 5. The van der Waals surface area contributed by atoms with Crippen LogP contribution in [-0.2, 0) is 6.18 Å². The lowest BCUT2D eigenvalue weighted by molar-refractivity contribution is -0.139. The van der Waals surface area contributed by atoms with E-state index in [1.54, 1.807) is 13.0 Å². The summed E-state index contributed by atoms with van der Waals surface area (Å²) in [4.78, 5) is 36.9. The molecule has 240 valence electrons. The number of ether oxygens (including phenoxy) is 2. The second-order valence-corrected chi connectivity index (χ2v) is 10.8. The summed E-state index contributed by atoms with van der Waals surface area (Å²) in [5.74, 6) is -3.66. The highest BCUT2D eigenvalue weighted by molar-refractivity contribution is 6.02. The average molecular weight is 635 g/mol. The van der Waals surface area contributed by atoms with Gasteiger partial charge < -0.3 is 29.9 Å². The molecule has 1 unspecified atom stereocenters. The fourth-order valence-electron chi connectivity index (χ4n) is 5.42. The highest BCUT2D eigenvalue weighted by Gasteiger charge is 2.39. The minimum atomic E-state index is -4.93. The number of methoxy groups -OCH3 is 1. The van der Waals surface area contributed by atoms with Crippen molar-refractivity contribution < 1.29 is 41.0 Å². The van der Waals surface area contributed by atoms with Gasteiger partial charge in [0, 0.05) is 24.8 Å². The zero-order valence-electron chi connectivity index (χ0n) is 24.7. The maximum absolute atomic E-state index is 15.2. The van der Waals surface area contributed by atoms with E-state index in [4.69, 9.17) is 9.47 Å². The lowest BCUT2D eigenvalue weighted by Crippen LogP contribution is -2.43. The summed E-state index contributed by atoms with van der Waals surface area (Å²) in [5.41, 5.74) is -1.20. The molecule has 1 atom stereocenters. The van der Waals surface area contributed by atoms with Crippen molar-refractivity contribution in [1.29, 1.82) is 0 Å². The van der Waals surface area contributed by atoms with Gasteiger partial charge in [-0.3, -0.25) is 9.59 Å². The Labute approximate surface area is 255 Å². The number of nitrogens with one attached hydrogen (secondary N) is 2. The molecular formula is C30H31F5N6O4. The summed E-state index contributed by atoms with van der Waals surface area (Å²) < 4.78 is 81.0. The molecule has 0 saturated carbocycles. The number of anilines is 2. The van der Waals surface area contributed by atoms with E-state index < -0.39 is 53.9 Å². The lowest BCUT2D eigenvalue weighted by atomic mass is 10.0. The van der Waals surface area contributed by atoms with Gasteiger partial charge in [-0.2, -0.15) is 18.2 Å². The molecule has 2 aromatic carbocycles. The van der Waals surface area contributed by atoms with Gasteiger partial charge in [0.05, 0.1) is 30.0 Å². The van der Waals surface area contributed by atoms with Crippen molar-refractivity contribution in [2.45, 2.75) is 38.0 Å². The van der Waals surface area contributed by atoms with Crippen molar-refractivity contribution in [3.63, 3.8) is 0 Å². The number of aromatic nitrogens is 2. The number of carbonyl (C=O) groups excluding carboxylic acids is 2. The van der Waals surface area contributed by atoms with Gasteiger partial charge in [0.25, 0.3) is 11.8 Å². The molecule has 3 heterocycles. The van der Waals surface area contributed by atoms with Gasteiger partial charge in [-0.25, -0.2) is 13.8 Å². The monoisotopic (exact) mass is 634 g/mol. The van der Waals surface area contributed by atoms with E-state index in [0.717, 1.165) is 19.2 Å². The SMILES string of the molecule is COc1cc(C(=O)NC2CCN(C)CC2)c(F)cc1Nc1ncc(C(F)(F)F)c(Oc2cccc3c2C(=O)N(CCF)C3C)n1. The van der Waals surface area contributed by atoms with Crippen LogP contribution in [0.1, 0.15) is 57.7 Å². The van der Waals surface area contributed by atoms with E-state index in [1.807, 2.05) is 7.05 Å². The van der Waals surface area contributed by atoms with Gasteiger partial charge in [-0.05, 0) is 57.6 Å². The Kier molecular flexibility index (Phi) is 9.09. The van der Waals surface area contributed by atoms with Crippen molar-refractivity contribution in [3.8, 4) is 17.4 Å². The van der Waals surface area contributed by atoms with Crippen LogP contribution in [0.4, 0.5) is 33.6 Å². The van der Waals surface area contributed by atoms with Gasteiger partial charge in [0.2, 0.25) is 11.8 Å². The Balaban J connectivity index is 1.43. The summed E-state index contributed by atoms with van der Waals surface area (Å²) in [5, 5.41) is 5.45. The van der Waals surface area contributed by atoms with E-state index in [9.17, 15) is 27.2 Å². The molecule has 1 aromatic heterocycles. The number of alkyl halides is 4. The molecule has 2 aliphatic rings. The van der Waals surface area contributed by atoms with Crippen LogP contribution < -0.4 is 20.1 Å². The van der Waals surface area contributed by atoms with Crippen molar-refractivity contribution in [1.82, 2.24) is 25.1 Å². The fourth-order valence-corrected chi connectivity index (χ4v) is 5.42. The highest BCUT2D eigenvalue weighted by Crippen LogP contribution is 2.42. The first-order valence-corrected chi connectivity index (χ1v) is 14.2. The van der Waals surface area contributed by atoms with Crippen molar-refractivity contribution >= 4 is 23.5 Å².